The van der Waals surface area contributed by atoms with E-state index in [1.165, 1.54) is 308 Å². The first-order chi connectivity index (χ1) is 39.0. The van der Waals surface area contributed by atoms with Crippen LogP contribution in [-0.2, 0) is 28.6 Å². The van der Waals surface area contributed by atoms with Crippen LogP contribution in [0.4, 0.5) is 0 Å². The fourth-order valence-corrected chi connectivity index (χ4v) is 11.3. The van der Waals surface area contributed by atoms with Crippen molar-refractivity contribution in [3.8, 4) is 0 Å². The van der Waals surface area contributed by atoms with Gasteiger partial charge in [0.05, 0.1) is 0 Å². The second-order valence-electron chi connectivity index (χ2n) is 24.9. The van der Waals surface area contributed by atoms with Crippen molar-refractivity contribution in [3.05, 3.63) is 12.2 Å². The zero-order valence-electron chi connectivity index (χ0n) is 53.9. The van der Waals surface area contributed by atoms with E-state index < -0.39 is 6.10 Å². The Bertz CT molecular complexity index is 1230. The van der Waals surface area contributed by atoms with Crippen molar-refractivity contribution in [2.45, 2.75) is 425 Å². The van der Waals surface area contributed by atoms with Crippen LogP contribution in [0.25, 0.3) is 0 Å². The van der Waals surface area contributed by atoms with Crippen LogP contribution in [0.5, 0.6) is 0 Å². The topological polar surface area (TPSA) is 78.9 Å². The van der Waals surface area contributed by atoms with Crippen LogP contribution in [0.3, 0.4) is 0 Å². The molecule has 0 aliphatic heterocycles. The highest BCUT2D eigenvalue weighted by atomic mass is 16.6. The molecule has 0 bridgehead atoms. The van der Waals surface area contributed by atoms with Gasteiger partial charge in [0, 0.05) is 19.3 Å². The molecule has 0 saturated heterocycles. The molecule has 1 unspecified atom stereocenters. The number of carbonyl (C=O) groups is 3. The second-order valence-corrected chi connectivity index (χ2v) is 24.9. The number of esters is 3. The van der Waals surface area contributed by atoms with Crippen LogP contribution in [-0.4, -0.2) is 37.2 Å². The third kappa shape index (κ3) is 66.8. The SMILES string of the molecule is CCC/C=C\CCCCCCCC(=O)OCC(COC(=O)CCCCCCCCCCCCCCCCCCCCCCCCCCCCCCCCCC)OC(=O)CCCCCCCCCCCCCCCCCCCCC. The first-order valence-corrected chi connectivity index (χ1v) is 36.2. The van der Waals surface area contributed by atoms with Gasteiger partial charge in [0.15, 0.2) is 6.10 Å². The summed E-state index contributed by atoms with van der Waals surface area (Å²) in [7, 11) is 0. The highest BCUT2D eigenvalue weighted by molar-refractivity contribution is 5.71. The predicted molar refractivity (Wildman–Crippen MR) is 344 cm³/mol. The van der Waals surface area contributed by atoms with Crippen molar-refractivity contribution < 1.29 is 28.6 Å². The molecule has 0 aromatic carbocycles. The smallest absolute Gasteiger partial charge is 0.306 e. The summed E-state index contributed by atoms with van der Waals surface area (Å²) in [5, 5.41) is 0. The molecular formula is C73H140O6. The number of rotatable bonds is 68. The van der Waals surface area contributed by atoms with Crippen LogP contribution < -0.4 is 0 Å². The Labute approximate surface area is 494 Å². The van der Waals surface area contributed by atoms with Crippen molar-refractivity contribution in [2.75, 3.05) is 13.2 Å². The molecule has 0 fully saturated rings. The molecule has 6 heteroatoms. The highest BCUT2D eigenvalue weighted by Gasteiger charge is 2.19. The lowest BCUT2D eigenvalue weighted by atomic mass is 10.0. The largest absolute Gasteiger partial charge is 0.462 e. The fraction of sp³-hybridized carbons (Fsp3) is 0.932. The molecule has 0 heterocycles. The Hall–Kier alpha value is -1.85. The molecule has 0 rings (SSSR count). The minimum absolute atomic E-state index is 0.0661. The standard InChI is InChI=1S/C73H140O6/c1-4-7-10-13-16-19-22-24-26-28-30-31-32-33-34-35-36-37-38-39-40-41-42-44-45-47-49-51-54-57-60-63-66-72(75)78-69-70(68-77-71(74)65-62-59-56-53-21-18-15-12-9-6-3)79-73(76)67-64-61-58-55-52-50-48-46-43-29-27-25-23-20-17-14-11-8-5-2/h12,15,70H,4-11,13-14,16-69H2,1-3H3/b15-12-. The summed E-state index contributed by atoms with van der Waals surface area (Å²) in [6, 6.07) is 0. The summed E-state index contributed by atoms with van der Waals surface area (Å²) < 4.78 is 16.9. The first-order valence-electron chi connectivity index (χ1n) is 36.2. The maximum Gasteiger partial charge on any atom is 0.306 e. The van der Waals surface area contributed by atoms with Gasteiger partial charge in [-0.15, -0.1) is 0 Å². The average Bonchev–Trinajstić information content (AvgIpc) is 3.45. The van der Waals surface area contributed by atoms with Gasteiger partial charge in [0.2, 0.25) is 0 Å². The van der Waals surface area contributed by atoms with Crippen molar-refractivity contribution >= 4 is 17.9 Å². The lowest BCUT2D eigenvalue weighted by molar-refractivity contribution is -0.167. The molecular weight excluding hydrogens is 973 g/mol. The van der Waals surface area contributed by atoms with Gasteiger partial charge in [-0.1, -0.05) is 373 Å². The van der Waals surface area contributed by atoms with Crippen molar-refractivity contribution in [1.29, 1.82) is 0 Å². The van der Waals surface area contributed by atoms with Gasteiger partial charge >= 0.3 is 17.9 Å². The Morgan fingerprint density at radius 3 is 0.684 bits per heavy atom. The Morgan fingerprint density at radius 2 is 0.443 bits per heavy atom. The van der Waals surface area contributed by atoms with Crippen molar-refractivity contribution in [2.24, 2.45) is 0 Å². The highest BCUT2D eigenvalue weighted by Crippen LogP contribution is 2.20. The van der Waals surface area contributed by atoms with Crippen LogP contribution in [0.2, 0.25) is 0 Å². The molecule has 468 valence electrons. The molecule has 79 heavy (non-hydrogen) atoms. The number of unbranched alkanes of at least 4 members (excludes halogenated alkanes) is 55. The van der Waals surface area contributed by atoms with Crippen LogP contribution in [0.1, 0.15) is 419 Å². The molecule has 0 N–H and O–H groups in total. The fourth-order valence-electron chi connectivity index (χ4n) is 11.3. The molecule has 6 nitrogen and oxygen atoms in total. The maximum absolute atomic E-state index is 12.9. The third-order valence-electron chi connectivity index (χ3n) is 16.8. The van der Waals surface area contributed by atoms with Gasteiger partial charge in [-0.3, -0.25) is 14.4 Å². The van der Waals surface area contributed by atoms with E-state index in [0.717, 1.165) is 70.6 Å². The molecule has 0 aromatic rings. The van der Waals surface area contributed by atoms with E-state index in [0.29, 0.717) is 19.3 Å². The molecule has 0 amide bonds. The number of allylic oxidation sites excluding steroid dienone is 2. The summed E-state index contributed by atoms with van der Waals surface area (Å²) in [4.78, 5) is 38.3. The molecule has 0 spiro atoms. The summed E-state index contributed by atoms with van der Waals surface area (Å²) in [5.74, 6) is -0.845. The van der Waals surface area contributed by atoms with Gasteiger partial charge < -0.3 is 14.2 Å². The Balaban J connectivity index is 4.03. The van der Waals surface area contributed by atoms with E-state index >= 15 is 0 Å². The van der Waals surface area contributed by atoms with Gasteiger partial charge in [0.25, 0.3) is 0 Å². The summed E-state index contributed by atoms with van der Waals surface area (Å²) in [6.07, 6.45) is 82.8. The molecule has 0 aliphatic rings. The number of carbonyl (C=O) groups excluding carboxylic acids is 3. The number of hydrogen-bond acceptors (Lipinski definition) is 6. The Morgan fingerprint density at radius 1 is 0.241 bits per heavy atom. The normalized spacial score (nSPS) is 12.0. The van der Waals surface area contributed by atoms with E-state index in [9.17, 15) is 14.4 Å². The van der Waals surface area contributed by atoms with Crippen LogP contribution >= 0.6 is 0 Å². The minimum atomic E-state index is -0.769. The van der Waals surface area contributed by atoms with E-state index in [-0.39, 0.29) is 31.1 Å². The molecule has 0 aliphatic carbocycles. The Kier molecular flexibility index (Phi) is 67.0. The molecule has 0 aromatic heterocycles. The lowest BCUT2D eigenvalue weighted by Gasteiger charge is -2.18. The number of ether oxygens (including phenoxy) is 3. The van der Waals surface area contributed by atoms with Gasteiger partial charge in [-0.25, -0.2) is 0 Å². The summed E-state index contributed by atoms with van der Waals surface area (Å²) in [5.41, 5.74) is 0. The first kappa shape index (κ1) is 77.2. The second kappa shape index (κ2) is 68.6. The van der Waals surface area contributed by atoms with Gasteiger partial charge in [-0.2, -0.15) is 0 Å². The van der Waals surface area contributed by atoms with E-state index in [4.69, 9.17) is 14.2 Å². The zero-order valence-corrected chi connectivity index (χ0v) is 53.9. The molecule has 1 atom stereocenters. The van der Waals surface area contributed by atoms with Crippen molar-refractivity contribution in [3.63, 3.8) is 0 Å². The maximum atomic E-state index is 12.9. The number of hydrogen-bond donors (Lipinski definition) is 0. The van der Waals surface area contributed by atoms with Gasteiger partial charge in [0.1, 0.15) is 13.2 Å². The van der Waals surface area contributed by atoms with E-state index in [2.05, 4.69) is 32.9 Å². The lowest BCUT2D eigenvalue weighted by Crippen LogP contribution is -2.30. The summed E-state index contributed by atoms with van der Waals surface area (Å²) in [6.45, 7) is 6.66. The van der Waals surface area contributed by atoms with Crippen molar-refractivity contribution in [1.82, 2.24) is 0 Å². The third-order valence-corrected chi connectivity index (χ3v) is 16.8. The molecule has 0 saturated carbocycles. The summed E-state index contributed by atoms with van der Waals surface area (Å²) >= 11 is 0. The zero-order chi connectivity index (χ0) is 57.1. The predicted octanol–water partition coefficient (Wildman–Crippen LogP) is 24.8. The monoisotopic (exact) mass is 1110 g/mol. The van der Waals surface area contributed by atoms with Crippen LogP contribution in [0.15, 0.2) is 12.2 Å². The van der Waals surface area contributed by atoms with Gasteiger partial charge in [-0.05, 0) is 38.5 Å². The quantitative estimate of drug-likeness (QED) is 0.0261. The van der Waals surface area contributed by atoms with E-state index in [1.54, 1.807) is 0 Å². The van der Waals surface area contributed by atoms with E-state index in [1.807, 2.05) is 0 Å². The van der Waals surface area contributed by atoms with Crippen LogP contribution in [0, 0.1) is 0 Å². The minimum Gasteiger partial charge on any atom is -0.462 e. The average molecular weight is 1110 g/mol. The molecule has 0 radical (unpaired) electrons.